The first-order valence-electron chi connectivity index (χ1n) is 6.81. The lowest BCUT2D eigenvalue weighted by atomic mass is 10.2. The predicted molar refractivity (Wildman–Crippen MR) is 95.8 cm³/mol. The van der Waals surface area contributed by atoms with Crippen molar-refractivity contribution >= 4 is 50.8 Å². The minimum atomic E-state index is -0.352. The molecule has 0 aliphatic heterocycles. The zero-order chi connectivity index (χ0) is 16.8. The van der Waals surface area contributed by atoms with E-state index in [9.17, 15) is 4.79 Å². The van der Waals surface area contributed by atoms with E-state index in [1.165, 1.54) is 0 Å². The number of carbonyl (C=O) groups excluding carboxylic acids is 1. The van der Waals surface area contributed by atoms with Crippen molar-refractivity contribution in [3.8, 4) is 11.5 Å². The summed E-state index contributed by atoms with van der Waals surface area (Å²) in [6.45, 7) is 2.11. The lowest BCUT2D eigenvalue weighted by Gasteiger charge is -2.14. The quantitative estimate of drug-likeness (QED) is 0.627. The van der Waals surface area contributed by atoms with Crippen LogP contribution < -0.4 is 10.1 Å². The summed E-state index contributed by atoms with van der Waals surface area (Å²) in [4.78, 5) is 11.5. The molecule has 4 nitrogen and oxygen atoms in total. The van der Waals surface area contributed by atoms with Crippen LogP contribution in [-0.4, -0.2) is 19.1 Å². The summed E-state index contributed by atoms with van der Waals surface area (Å²) in [7, 11) is 0. The van der Waals surface area contributed by atoms with Crippen LogP contribution in [0.1, 0.15) is 6.92 Å². The standard InChI is InChI=1S/C16H14BrCl2NO3/c1-2-22-16(21)9-20-13-5-4-11(18)8-15(13)23-14-6-3-10(17)7-12(14)19/h3-8,20H,2,9H2,1H3. The van der Waals surface area contributed by atoms with E-state index in [0.717, 1.165) is 4.47 Å². The molecule has 0 radical (unpaired) electrons. The van der Waals surface area contributed by atoms with Crippen molar-refractivity contribution in [3.05, 3.63) is 50.9 Å². The number of esters is 1. The Kier molecular flexibility index (Phi) is 6.57. The SMILES string of the molecule is CCOC(=O)CNc1ccc(Cl)cc1Oc1ccc(Br)cc1Cl. The number of nitrogens with one attached hydrogen (secondary N) is 1. The largest absolute Gasteiger partial charge is 0.465 e. The van der Waals surface area contributed by atoms with Gasteiger partial charge in [-0.1, -0.05) is 39.1 Å². The van der Waals surface area contributed by atoms with Crippen molar-refractivity contribution < 1.29 is 14.3 Å². The summed E-state index contributed by atoms with van der Waals surface area (Å²) >= 11 is 15.5. The molecule has 0 amide bonds. The van der Waals surface area contributed by atoms with Crippen LogP contribution in [0.4, 0.5) is 5.69 Å². The first-order chi connectivity index (χ1) is 11.0. The molecular formula is C16H14BrCl2NO3. The van der Waals surface area contributed by atoms with Gasteiger partial charge in [0.15, 0.2) is 5.75 Å². The second kappa shape index (κ2) is 8.43. The Morgan fingerprint density at radius 2 is 1.96 bits per heavy atom. The molecular weight excluding hydrogens is 405 g/mol. The van der Waals surface area contributed by atoms with Crippen molar-refractivity contribution in [2.24, 2.45) is 0 Å². The predicted octanol–water partition coefficient (Wildman–Crippen LogP) is 5.52. The van der Waals surface area contributed by atoms with Gasteiger partial charge in [-0.3, -0.25) is 4.79 Å². The third-order valence-corrected chi connectivity index (χ3v) is 3.81. The molecule has 0 unspecified atom stereocenters. The summed E-state index contributed by atoms with van der Waals surface area (Å²) in [5, 5.41) is 3.93. The number of anilines is 1. The molecule has 0 saturated heterocycles. The average Bonchev–Trinajstić information content (AvgIpc) is 2.49. The van der Waals surface area contributed by atoms with E-state index in [1.54, 1.807) is 37.3 Å². The summed E-state index contributed by atoms with van der Waals surface area (Å²) < 4.78 is 11.5. The molecule has 0 aliphatic carbocycles. The van der Waals surface area contributed by atoms with Crippen molar-refractivity contribution in [1.29, 1.82) is 0 Å². The highest BCUT2D eigenvalue weighted by molar-refractivity contribution is 9.10. The summed E-state index contributed by atoms with van der Waals surface area (Å²) in [6.07, 6.45) is 0. The Hall–Kier alpha value is -1.43. The zero-order valence-corrected chi connectivity index (χ0v) is 15.3. The van der Waals surface area contributed by atoms with Crippen LogP contribution in [0, 0.1) is 0 Å². The van der Waals surface area contributed by atoms with Gasteiger partial charge in [-0.05, 0) is 37.3 Å². The molecule has 0 bridgehead atoms. The first kappa shape index (κ1) is 17.9. The maximum absolute atomic E-state index is 11.5. The minimum Gasteiger partial charge on any atom is -0.465 e. The molecule has 0 heterocycles. The zero-order valence-electron chi connectivity index (χ0n) is 12.2. The Morgan fingerprint density at radius 3 is 2.65 bits per heavy atom. The van der Waals surface area contributed by atoms with Crippen LogP contribution >= 0.6 is 39.1 Å². The highest BCUT2D eigenvalue weighted by atomic mass is 79.9. The molecule has 0 spiro atoms. The maximum Gasteiger partial charge on any atom is 0.325 e. The molecule has 0 saturated carbocycles. The molecule has 1 N–H and O–H groups in total. The maximum atomic E-state index is 11.5. The third kappa shape index (κ3) is 5.30. The van der Waals surface area contributed by atoms with E-state index in [-0.39, 0.29) is 12.5 Å². The fourth-order valence-corrected chi connectivity index (χ4v) is 2.66. The van der Waals surface area contributed by atoms with Gasteiger partial charge in [-0.25, -0.2) is 0 Å². The Labute approximate surface area is 152 Å². The van der Waals surface area contributed by atoms with Crippen LogP contribution in [-0.2, 0) is 9.53 Å². The Bertz CT molecular complexity index is 710. The lowest BCUT2D eigenvalue weighted by molar-refractivity contribution is -0.140. The summed E-state index contributed by atoms with van der Waals surface area (Å²) in [6, 6.07) is 10.4. The summed E-state index contributed by atoms with van der Waals surface area (Å²) in [5.41, 5.74) is 0.612. The highest BCUT2D eigenvalue weighted by Gasteiger charge is 2.11. The van der Waals surface area contributed by atoms with Crippen LogP contribution in [0.5, 0.6) is 11.5 Å². The van der Waals surface area contributed by atoms with Gasteiger partial charge >= 0.3 is 5.97 Å². The number of hydrogen-bond donors (Lipinski definition) is 1. The molecule has 122 valence electrons. The van der Waals surface area contributed by atoms with Crippen LogP contribution in [0.3, 0.4) is 0 Å². The lowest BCUT2D eigenvalue weighted by Crippen LogP contribution is -2.16. The molecule has 23 heavy (non-hydrogen) atoms. The minimum absolute atomic E-state index is 0.0277. The molecule has 2 rings (SSSR count). The topological polar surface area (TPSA) is 47.6 Å². The van der Waals surface area contributed by atoms with E-state index in [4.69, 9.17) is 32.7 Å². The van der Waals surface area contributed by atoms with Gasteiger partial charge < -0.3 is 14.8 Å². The van der Waals surface area contributed by atoms with E-state index >= 15 is 0 Å². The molecule has 0 fully saturated rings. The molecule has 7 heteroatoms. The number of ether oxygens (including phenoxy) is 2. The third-order valence-electron chi connectivity index (χ3n) is 2.79. The molecule has 0 aliphatic rings. The van der Waals surface area contributed by atoms with Gasteiger partial charge in [0, 0.05) is 15.6 Å². The van der Waals surface area contributed by atoms with E-state index in [2.05, 4.69) is 21.2 Å². The van der Waals surface area contributed by atoms with Gasteiger partial charge in [0.05, 0.1) is 17.3 Å². The molecule has 2 aromatic carbocycles. The van der Waals surface area contributed by atoms with Crippen molar-refractivity contribution in [1.82, 2.24) is 0 Å². The average molecular weight is 419 g/mol. The number of halogens is 3. The second-order valence-electron chi connectivity index (χ2n) is 4.48. The Morgan fingerprint density at radius 1 is 1.17 bits per heavy atom. The fourth-order valence-electron chi connectivity index (χ4n) is 1.78. The molecule has 2 aromatic rings. The molecule has 0 aromatic heterocycles. The number of benzene rings is 2. The van der Waals surface area contributed by atoms with Gasteiger partial charge in [0.1, 0.15) is 12.3 Å². The van der Waals surface area contributed by atoms with Crippen LogP contribution in [0.2, 0.25) is 10.0 Å². The van der Waals surface area contributed by atoms with E-state index in [0.29, 0.717) is 33.8 Å². The Balaban J connectivity index is 2.19. The van der Waals surface area contributed by atoms with E-state index < -0.39 is 0 Å². The number of hydrogen-bond acceptors (Lipinski definition) is 4. The van der Waals surface area contributed by atoms with Gasteiger partial charge in [0.25, 0.3) is 0 Å². The monoisotopic (exact) mass is 417 g/mol. The smallest absolute Gasteiger partial charge is 0.325 e. The second-order valence-corrected chi connectivity index (χ2v) is 6.24. The van der Waals surface area contributed by atoms with Crippen molar-refractivity contribution in [2.75, 3.05) is 18.5 Å². The fraction of sp³-hybridized carbons (Fsp3) is 0.188. The van der Waals surface area contributed by atoms with Gasteiger partial charge in [-0.15, -0.1) is 0 Å². The van der Waals surface area contributed by atoms with Crippen LogP contribution in [0.15, 0.2) is 40.9 Å². The number of rotatable bonds is 6. The molecule has 0 atom stereocenters. The van der Waals surface area contributed by atoms with Gasteiger partial charge in [0.2, 0.25) is 0 Å². The first-order valence-corrected chi connectivity index (χ1v) is 8.36. The number of carbonyl (C=O) groups is 1. The van der Waals surface area contributed by atoms with Crippen molar-refractivity contribution in [3.63, 3.8) is 0 Å². The highest BCUT2D eigenvalue weighted by Crippen LogP contribution is 2.36. The van der Waals surface area contributed by atoms with Crippen LogP contribution in [0.25, 0.3) is 0 Å². The van der Waals surface area contributed by atoms with Gasteiger partial charge in [-0.2, -0.15) is 0 Å². The summed E-state index contributed by atoms with van der Waals surface area (Å²) in [5.74, 6) is 0.595. The normalized spacial score (nSPS) is 10.3. The van der Waals surface area contributed by atoms with Crippen molar-refractivity contribution in [2.45, 2.75) is 6.92 Å². The van der Waals surface area contributed by atoms with E-state index in [1.807, 2.05) is 6.07 Å².